The number of benzene rings is 1. The second-order valence-electron chi connectivity index (χ2n) is 7.74. The lowest BCUT2D eigenvalue weighted by molar-refractivity contribution is -0.384. The van der Waals surface area contributed by atoms with Crippen molar-refractivity contribution in [2.75, 3.05) is 33.2 Å². The van der Waals surface area contributed by atoms with Crippen LogP contribution >= 0.6 is 0 Å². The quantitative estimate of drug-likeness (QED) is 0.414. The topological polar surface area (TPSA) is 124 Å². The monoisotopic (exact) mass is 438 g/mol. The van der Waals surface area contributed by atoms with Crippen LogP contribution in [0.15, 0.2) is 52.2 Å². The van der Waals surface area contributed by atoms with E-state index in [9.17, 15) is 24.5 Å². The molecule has 3 aromatic rings. The standard InChI is InChI=1S/C21H22N6O5/c1-23-9-11-24(12-10-23)18(28)14-26-20(29)17-3-2-8-22-19(17)25(21(26)30)13-15-4-6-16(7-5-15)27(31)32/h2-8H,9-14H2,1H3. The number of rotatable bonds is 5. The molecule has 1 aliphatic heterocycles. The molecule has 166 valence electrons. The number of carbonyl (C=O) groups is 1. The number of pyridine rings is 1. The van der Waals surface area contributed by atoms with Gasteiger partial charge in [0, 0.05) is 44.5 Å². The van der Waals surface area contributed by atoms with Crippen molar-refractivity contribution < 1.29 is 9.72 Å². The van der Waals surface area contributed by atoms with Gasteiger partial charge in [-0.25, -0.2) is 9.78 Å². The molecule has 0 unspecified atom stereocenters. The first-order valence-corrected chi connectivity index (χ1v) is 10.1. The molecule has 0 bridgehead atoms. The normalized spacial score (nSPS) is 14.6. The Bertz CT molecular complexity index is 1290. The maximum Gasteiger partial charge on any atom is 0.333 e. The fourth-order valence-corrected chi connectivity index (χ4v) is 3.73. The lowest BCUT2D eigenvalue weighted by atomic mass is 10.2. The molecular weight excluding hydrogens is 416 g/mol. The van der Waals surface area contributed by atoms with Crippen LogP contribution < -0.4 is 11.2 Å². The third-order valence-electron chi connectivity index (χ3n) is 5.62. The smallest absolute Gasteiger partial charge is 0.333 e. The lowest BCUT2D eigenvalue weighted by Gasteiger charge is -2.32. The van der Waals surface area contributed by atoms with E-state index in [0.717, 1.165) is 17.7 Å². The van der Waals surface area contributed by atoms with Crippen molar-refractivity contribution in [3.63, 3.8) is 0 Å². The first kappa shape index (κ1) is 21.4. The summed E-state index contributed by atoms with van der Waals surface area (Å²) in [6.45, 7) is 2.23. The summed E-state index contributed by atoms with van der Waals surface area (Å²) in [5, 5.41) is 11.1. The van der Waals surface area contributed by atoms with Gasteiger partial charge >= 0.3 is 5.69 Å². The Morgan fingerprint density at radius 1 is 1.06 bits per heavy atom. The summed E-state index contributed by atoms with van der Waals surface area (Å²) in [5.41, 5.74) is -0.459. The van der Waals surface area contributed by atoms with Crippen LogP contribution in [0.1, 0.15) is 5.56 Å². The highest BCUT2D eigenvalue weighted by Crippen LogP contribution is 2.14. The number of aromatic nitrogens is 3. The van der Waals surface area contributed by atoms with Crippen LogP contribution in [0.2, 0.25) is 0 Å². The molecule has 1 aliphatic rings. The van der Waals surface area contributed by atoms with Crippen molar-refractivity contribution >= 4 is 22.6 Å². The Balaban J connectivity index is 1.72. The van der Waals surface area contributed by atoms with Crippen LogP contribution in [0.4, 0.5) is 5.69 Å². The largest absolute Gasteiger partial charge is 0.339 e. The average Bonchev–Trinajstić information content (AvgIpc) is 2.80. The van der Waals surface area contributed by atoms with Gasteiger partial charge in [-0.05, 0) is 24.7 Å². The van der Waals surface area contributed by atoms with E-state index in [1.807, 2.05) is 7.05 Å². The first-order chi connectivity index (χ1) is 15.3. The third kappa shape index (κ3) is 4.14. The second-order valence-corrected chi connectivity index (χ2v) is 7.74. The van der Waals surface area contributed by atoms with Crippen LogP contribution in [0.25, 0.3) is 11.0 Å². The number of fused-ring (bicyclic) bond motifs is 1. The number of hydrogen-bond donors (Lipinski definition) is 0. The van der Waals surface area contributed by atoms with Crippen molar-refractivity contribution in [2.45, 2.75) is 13.1 Å². The zero-order valence-electron chi connectivity index (χ0n) is 17.5. The highest BCUT2D eigenvalue weighted by atomic mass is 16.6. The van der Waals surface area contributed by atoms with Crippen molar-refractivity contribution in [1.29, 1.82) is 0 Å². The maximum atomic E-state index is 13.3. The number of carbonyl (C=O) groups excluding carboxylic acids is 1. The summed E-state index contributed by atoms with van der Waals surface area (Å²) in [7, 11) is 1.97. The molecule has 0 aliphatic carbocycles. The Morgan fingerprint density at radius 2 is 1.75 bits per heavy atom. The van der Waals surface area contributed by atoms with Gasteiger partial charge < -0.3 is 9.80 Å². The number of amides is 1. The SMILES string of the molecule is CN1CCN(C(=O)Cn2c(=O)c3cccnc3n(Cc3ccc([N+](=O)[O-])cc3)c2=O)CC1. The van der Waals surface area contributed by atoms with Crippen LogP contribution in [0.3, 0.4) is 0 Å². The van der Waals surface area contributed by atoms with E-state index in [1.165, 1.54) is 22.9 Å². The number of hydrogen-bond acceptors (Lipinski definition) is 7. The molecule has 1 fully saturated rings. The highest BCUT2D eigenvalue weighted by molar-refractivity contribution is 5.77. The van der Waals surface area contributed by atoms with Crippen LogP contribution in [-0.2, 0) is 17.9 Å². The predicted molar refractivity (Wildman–Crippen MR) is 117 cm³/mol. The Hall–Kier alpha value is -3.86. The molecule has 4 rings (SSSR count). The van der Waals surface area contributed by atoms with E-state index in [-0.39, 0.29) is 35.7 Å². The predicted octanol–water partition coefficient (Wildman–Crippen LogP) is 0.289. The molecule has 1 aromatic carbocycles. The van der Waals surface area contributed by atoms with Gasteiger partial charge in [0.05, 0.1) is 16.9 Å². The maximum absolute atomic E-state index is 13.3. The summed E-state index contributed by atoms with van der Waals surface area (Å²) in [6, 6.07) is 8.95. The van der Waals surface area contributed by atoms with Crippen LogP contribution in [0.5, 0.6) is 0 Å². The van der Waals surface area contributed by atoms with Crippen LogP contribution in [0, 0.1) is 10.1 Å². The first-order valence-electron chi connectivity index (χ1n) is 10.1. The van der Waals surface area contributed by atoms with E-state index < -0.39 is 16.2 Å². The fourth-order valence-electron chi connectivity index (χ4n) is 3.73. The van der Waals surface area contributed by atoms with Crippen molar-refractivity contribution in [1.82, 2.24) is 23.9 Å². The fraction of sp³-hybridized carbons (Fsp3) is 0.333. The van der Waals surface area contributed by atoms with Crippen molar-refractivity contribution in [2.24, 2.45) is 0 Å². The minimum Gasteiger partial charge on any atom is -0.339 e. The Kier molecular flexibility index (Phi) is 5.82. The minimum absolute atomic E-state index is 0.0489. The van der Waals surface area contributed by atoms with Crippen LogP contribution in [-0.4, -0.2) is 68.0 Å². The molecule has 0 spiro atoms. The Morgan fingerprint density at radius 3 is 2.41 bits per heavy atom. The number of piperazine rings is 1. The van der Waals surface area contributed by atoms with E-state index >= 15 is 0 Å². The molecule has 3 heterocycles. The van der Waals surface area contributed by atoms with Crippen molar-refractivity contribution in [3.05, 3.63) is 79.1 Å². The summed E-state index contributed by atoms with van der Waals surface area (Å²) < 4.78 is 2.26. The molecule has 11 heteroatoms. The summed E-state index contributed by atoms with van der Waals surface area (Å²) in [6.07, 6.45) is 1.48. The number of nitro groups is 1. The van der Waals surface area contributed by atoms with Gasteiger partial charge in [0.1, 0.15) is 12.2 Å². The van der Waals surface area contributed by atoms with Gasteiger partial charge in [-0.15, -0.1) is 0 Å². The van der Waals surface area contributed by atoms with Gasteiger partial charge in [-0.3, -0.25) is 28.8 Å². The Labute approximate surface area is 182 Å². The zero-order chi connectivity index (χ0) is 22.8. The van der Waals surface area contributed by atoms with Gasteiger partial charge in [-0.2, -0.15) is 0 Å². The number of nitrogens with zero attached hydrogens (tertiary/aromatic N) is 6. The van der Waals surface area contributed by atoms with E-state index in [4.69, 9.17) is 0 Å². The van der Waals surface area contributed by atoms with Gasteiger partial charge in [0.15, 0.2) is 0 Å². The molecular formula is C21H22N6O5. The summed E-state index contributed by atoms with van der Waals surface area (Å²) in [5.74, 6) is -0.289. The summed E-state index contributed by atoms with van der Waals surface area (Å²) in [4.78, 5) is 57.4. The third-order valence-corrected chi connectivity index (χ3v) is 5.62. The van der Waals surface area contributed by atoms with Gasteiger partial charge in [0.25, 0.3) is 11.2 Å². The summed E-state index contributed by atoms with van der Waals surface area (Å²) >= 11 is 0. The van der Waals surface area contributed by atoms with Gasteiger partial charge in [0.2, 0.25) is 5.91 Å². The molecule has 1 amide bonds. The lowest BCUT2D eigenvalue weighted by Crippen LogP contribution is -2.50. The second kappa shape index (κ2) is 8.71. The van der Waals surface area contributed by atoms with Gasteiger partial charge in [-0.1, -0.05) is 12.1 Å². The zero-order valence-corrected chi connectivity index (χ0v) is 17.5. The molecule has 2 aromatic heterocycles. The van der Waals surface area contributed by atoms with E-state index in [1.54, 1.807) is 29.2 Å². The van der Waals surface area contributed by atoms with E-state index in [0.29, 0.717) is 18.7 Å². The highest BCUT2D eigenvalue weighted by Gasteiger charge is 2.22. The van der Waals surface area contributed by atoms with Crippen molar-refractivity contribution in [3.8, 4) is 0 Å². The molecule has 11 nitrogen and oxygen atoms in total. The molecule has 32 heavy (non-hydrogen) atoms. The van der Waals surface area contributed by atoms with E-state index in [2.05, 4.69) is 9.88 Å². The molecule has 0 N–H and O–H groups in total. The number of nitro benzene ring substituents is 1. The minimum atomic E-state index is -0.651. The molecule has 0 saturated carbocycles. The molecule has 1 saturated heterocycles. The molecule has 0 radical (unpaired) electrons. The number of likely N-dealkylation sites (N-methyl/N-ethyl adjacent to an activating group) is 1. The number of non-ortho nitro benzene ring substituents is 1. The molecule has 0 atom stereocenters. The average molecular weight is 438 g/mol.